The second-order valence-corrected chi connectivity index (χ2v) is 8.51. The average molecular weight is 319 g/mol. The van der Waals surface area contributed by atoms with Crippen molar-refractivity contribution in [3.63, 3.8) is 0 Å². The number of hydrogen-bond acceptors (Lipinski definition) is 1. The summed E-state index contributed by atoms with van der Waals surface area (Å²) >= 11 is 0. The highest BCUT2D eigenvalue weighted by Crippen LogP contribution is 2.58. The lowest BCUT2D eigenvalue weighted by Crippen LogP contribution is -2.65. The number of nitrogens with zero attached hydrogens (tertiary/aromatic N) is 1. The van der Waals surface area contributed by atoms with E-state index in [0.29, 0.717) is 6.04 Å². The predicted molar refractivity (Wildman–Crippen MR) is 103 cm³/mol. The van der Waals surface area contributed by atoms with E-state index in [0.717, 1.165) is 0 Å². The standard InChI is InChI=1S/C23H29N/c1-15-13-16(2)17(3)21(14-15)24-18(4)22(5)11-12-23(24,6)20-10-8-7-9-19(20)22/h7-10,13-14,18H,11-12H2,1-6H3. The highest BCUT2D eigenvalue weighted by atomic mass is 15.3. The Bertz CT molecular complexity index is 821. The van der Waals surface area contributed by atoms with Crippen molar-refractivity contribution in [1.82, 2.24) is 0 Å². The summed E-state index contributed by atoms with van der Waals surface area (Å²) in [5.41, 5.74) is 9.08. The van der Waals surface area contributed by atoms with Crippen LogP contribution in [0.3, 0.4) is 0 Å². The first kappa shape index (κ1) is 15.7. The van der Waals surface area contributed by atoms with Gasteiger partial charge in [-0.3, -0.25) is 0 Å². The number of rotatable bonds is 1. The molecule has 3 atom stereocenters. The van der Waals surface area contributed by atoms with Crippen molar-refractivity contribution in [2.24, 2.45) is 0 Å². The smallest absolute Gasteiger partial charge is 0.0632 e. The Morgan fingerprint density at radius 2 is 1.62 bits per heavy atom. The van der Waals surface area contributed by atoms with E-state index < -0.39 is 0 Å². The summed E-state index contributed by atoms with van der Waals surface area (Å²) < 4.78 is 0. The molecular weight excluding hydrogens is 290 g/mol. The second-order valence-electron chi connectivity index (χ2n) is 8.51. The zero-order valence-electron chi connectivity index (χ0n) is 15.9. The van der Waals surface area contributed by atoms with Gasteiger partial charge in [0.2, 0.25) is 0 Å². The van der Waals surface area contributed by atoms with Crippen LogP contribution in [0.5, 0.6) is 0 Å². The van der Waals surface area contributed by atoms with Gasteiger partial charge in [0.05, 0.1) is 5.54 Å². The van der Waals surface area contributed by atoms with Crippen LogP contribution in [-0.2, 0) is 11.0 Å². The van der Waals surface area contributed by atoms with Gasteiger partial charge in [0.25, 0.3) is 0 Å². The highest BCUT2D eigenvalue weighted by Gasteiger charge is 2.56. The Morgan fingerprint density at radius 1 is 0.958 bits per heavy atom. The molecule has 126 valence electrons. The summed E-state index contributed by atoms with van der Waals surface area (Å²) in [7, 11) is 0. The number of piperidine rings is 1. The molecule has 0 spiro atoms. The summed E-state index contributed by atoms with van der Waals surface area (Å²) in [6.07, 6.45) is 2.51. The van der Waals surface area contributed by atoms with Gasteiger partial charge in [0.15, 0.2) is 0 Å². The molecule has 0 amide bonds. The lowest BCUT2D eigenvalue weighted by Gasteiger charge is -2.63. The number of benzene rings is 2. The summed E-state index contributed by atoms with van der Waals surface area (Å²) in [5, 5.41) is 0. The van der Waals surface area contributed by atoms with Gasteiger partial charge in [-0.25, -0.2) is 0 Å². The van der Waals surface area contributed by atoms with Gasteiger partial charge in [0.1, 0.15) is 0 Å². The maximum absolute atomic E-state index is 2.74. The Hall–Kier alpha value is -1.76. The van der Waals surface area contributed by atoms with Crippen molar-refractivity contribution in [2.45, 2.75) is 71.4 Å². The van der Waals surface area contributed by atoms with Gasteiger partial charge in [-0.05, 0) is 81.3 Å². The van der Waals surface area contributed by atoms with Crippen molar-refractivity contribution in [2.75, 3.05) is 4.90 Å². The van der Waals surface area contributed by atoms with Crippen LogP contribution in [0.4, 0.5) is 5.69 Å². The van der Waals surface area contributed by atoms with E-state index in [1.165, 1.54) is 40.8 Å². The van der Waals surface area contributed by atoms with Crippen molar-refractivity contribution in [1.29, 1.82) is 0 Å². The number of anilines is 1. The molecule has 1 heteroatoms. The van der Waals surface area contributed by atoms with E-state index in [4.69, 9.17) is 0 Å². The third kappa shape index (κ3) is 1.82. The normalized spacial score (nSPS) is 31.2. The molecule has 1 aliphatic carbocycles. The molecule has 24 heavy (non-hydrogen) atoms. The fraction of sp³-hybridized carbons (Fsp3) is 0.478. The van der Waals surface area contributed by atoms with E-state index >= 15 is 0 Å². The van der Waals surface area contributed by atoms with Crippen molar-refractivity contribution in [3.05, 3.63) is 64.2 Å². The van der Waals surface area contributed by atoms with Gasteiger partial charge in [-0.1, -0.05) is 37.3 Å². The van der Waals surface area contributed by atoms with Crippen LogP contribution in [0.2, 0.25) is 0 Å². The zero-order valence-corrected chi connectivity index (χ0v) is 15.9. The maximum atomic E-state index is 2.74. The van der Waals surface area contributed by atoms with Crippen LogP contribution in [0.25, 0.3) is 0 Å². The highest BCUT2D eigenvalue weighted by molar-refractivity contribution is 5.66. The predicted octanol–water partition coefficient (Wildman–Crippen LogP) is 5.79. The molecular formula is C23H29N. The molecule has 0 N–H and O–H groups in total. The molecule has 1 nitrogen and oxygen atoms in total. The molecule has 3 aliphatic rings. The van der Waals surface area contributed by atoms with Gasteiger partial charge in [0, 0.05) is 17.1 Å². The van der Waals surface area contributed by atoms with Crippen LogP contribution >= 0.6 is 0 Å². The second kappa shape index (κ2) is 4.88. The molecule has 2 aromatic carbocycles. The minimum absolute atomic E-state index is 0.0960. The van der Waals surface area contributed by atoms with Crippen molar-refractivity contribution in [3.8, 4) is 0 Å². The summed E-state index contributed by atoms with van der Waals surface area (Å²) in [4.78, 5) is 2.74. The minimum Gasteiger partial charge on any atom is -0.358 e. The molecule has 2 aliphatic heterocycles. The quantitative estimate of drug-likeness (QED) is 0.643. The number of fused-ring (bicyclic) bond motifs is 2. The average Bonchev–Trinajstić information content (AvgIpc) is 2.55. The molecule has 0 aromatic heterocycles. The molecule has 0 saturated carbocycles. The van der Waals surface area contributed by atoms with Gasteiger partial charge in [-0.2, -0.15) is 0 Å². The topological polar surface area (TPSA) is 3.24 Å². The lowest BCUT2D eigenvalue weighted by molar-refractivity contribution is 0.166. The van der Waals surface area contributed by atoms with E-state index in [2.05, 4.69) is 82.8 Å². The monoisotopic (exact) mass is 319 g/mol. The van der Waals surface area contributed by atoms with E-state index in [-0.39, 0.29) is 11.0 Å². The van der Waals surface area contributed by atoms with Gasteiger partial charge in [-0.15, -0.1) is 0 Å². The molecule has 1 fully saturated rings. The largest absolute Gasteiger partial charge is 0.358 e. The van der Waals surface area contributed by atoms with Crippen LogP contribution in [0.1, 0.15) is 61.4 Å². The molecule has 1 saturated heterocycles. The third-order valence-electron chi connectivity index (χ3n) is 7.14. The minimum atomic E-state index is 0.0960. The molecule has 2 bridgehead atoms. The summed E-state index contributed by atoms with van der Waals surface area (Å²) in [6.45, 7) is 14.1. The molecule has 5 rings (SSSR count). The number of hydrogen-bond donors (Lipinski definition) is 0. The van der Waals surface area contributed by atoms with E-state index in [1.807, 2.05) is 0 Å². The Kier molecular flexibility index (Phi) is 3.20. The Balaban J connectivity index is 2.00. The van der Waals surface area contributed by atoms with Gasteiger partial charge < -0.3 is 4.90 Å². The number of aryl methyl sites for hydroxylation is 2. The van der Waals surface area contributed by atoms with E-state index in [9.17, 15) is 0 Å². The molecule has 0 radical (unpaired) electrons. The maximum Gasteiger partial charge on any atom is 0.0632 e. The lowest BCUT2D eigenvalue weighted by atomic mass is 9.56. The fourth-order valence-corrected chi connectivity index (χ4v) is 5.36. The fourth-order valence-electron chi connectivity index (χ4n) is 5.36. The van der Waals surface area contributed by atoms with Crippen molar-refractivity contribution < 1.29 is 0 Å². The van der Waals surface area contributed by atoms with E-state index in [1.54, 1.807) is 5.56 Å². The summed E-state index contributed by atoms with van der Waals surface area (Å²) in [5.74, 6) is 0. The van der Waals surface area contributed by atoms with Gasteiger partial charge >= 0.3 is 0 Å². The molecule has 3 unspecified atom stereocenters. The van der Waals surface area contributed by atoms with Crippen LogP contribution in [0.15, 0.2) is 36.4 Å². The van der Waals surface area contributed by atoms with Crippen molar-refractivity contribution >= 4 is 5.69 Å². The summed E-state index contributed by atoms with van der Waals surface area (Å²) in [6, 6.07) is 14.4. The molecule has 2 heterocycles. The third-order valence-corrected chi connectivity index (χ3v) is 7.14. The van der Waals surface area contributed by atoms with Crippen LogP contribution in [-0.4, -0.2) is 6.04 Å². The first-order valence-corrected chi connectivity index (χ1v) is 9.26. The van der Waals surface area contributed by atoms with Crippen LogP contribution in [0, 0.1) is 20.8 Å². The SMILES string of the molecule is Cc1cc(C)c(C)c(N2C(C)C3(C)CCC2(C)c2ccccc23)c1. The zero-order chi connectivity index (χ0) is 17.3. The first-order valence-electron chi connectivity index (χ1n) is 9.26. The Labute approximate surface area is 146 Å². The van der Waals surface area contributed by atoms with Crippen LogP contribution < -0.4 is 4.90 Å². The molecule has 2 aromatic rings. The first-order chi connectivity index (χ1) is 11.3. The Morgan fingerprint density at radius 3 is 2.33 bits per heavy atom.